The maximum absolute atomic E-state index is 12.0. The minimum Gasteiger partial charge on any atom is -0.463 e. The van der Waals surface area contributed by atoms with Gasteiger partial charge < -0.3 is 26.3 Å². The molecule has 0 fully saturated rings. The largest absolute Gasteiger partial charge is 0.463 e. The van der Waals surface area contributed by atoms with E-state index in [4.69, 9.17) is 20.9 Å². The summed E-state index contributed by atoms with van der Waals surface area (Å²) in [6, 6.07) is -0.719. The van der Waals surface area contributed by atoms with E-state index in [9.17, 15) is 9.59 Å². The Balaban J connectivity index is 0.000000956. The van der Waals surface area contributed by atoms with Crippen molar-refractivity contribution in [1.82, 2.24) is 5.32 Å². The SMILES string of the molecule is CCCCCCN.CCOC(=O)C1=C[C@@H](OC(CC)CC)[C@H](NC(C)=O)[C@@H](N)C1. The maximum Gasteiger partial charge on any atom is 0.333 e. The van der Waals surface area contributed by atoms with Crippen molar-refractivity contribution in [1.29, 1.82) is 0 Å². The number of carbonyl (C=O) groups excluding carboxylic acids is 2. The summed E-state index contributed by atoms with van der Waals surface area (Å²) in [6.45, 7) is 10.7. The van der Waals surface area contributed by atoms with E-state index in [0.717, 1.165) is 19.4 Å². The first-order valence-corrected chi connectivity index (χ1v) is 11.1. The second kappa shape index (κ2) is 16.4. The van der Waals surface area contributed by atoms with Crippen molar-refractivity contribution >= 4 is 11.9 Å². The Labute approximate surface area is 176 Å². The summed E-state index contributed by atoms with van der Waals surface area (Å²) in [4.78, 5) is 23.4. The number of hydrogen-bond acceptors (Lipinski definition) is 6. The van der Waals surface area contributed by atoms with E-state index in [1.165, 1.54) is 32.6 Å². The number of nitrogens with one attached hydrogen (secondary N) is 1. The molecule has 1 aliphatic carbocycles. The molecule has 5 N–H and O–H groups in total. The average Bonchev–Trinajstić information content (AvgIpc) is 2.69. The highest BCUT2D eigenvalue weighted by Gasteiger charge is 2.35. The van der Waals surface area contributed by atoms with Crippen LogP contribution in [-0.4, -0.2) is 49.3 Å². The fourth-order valence-corrected chi connectivity index (χ4v) is 3.19. The molecule has 0 aromatic rings. The molecule has 0 heterocycles. The molecule has 7 nitrogen and oxygen atoms in total. The van der Waals surface area contributed by atoms with Crippen LogP contribution >= 0.6 is 0 Å². The van der Waals surface area contributed by atoms with Crippen LogP contribution in [0.2, 0.25) is 0 Å². The number of esters is 1. The van der Waals surface area contributed by atoms with Crippen LogP contribution in [-0.2, 0) is 19.1 Å². The van der Waals surface area contributed by atoms with Crippen LogP contribution in [0.1, 0.15) is 79.6 Å². The molecule has 1 rings (SSSR count). The van der Waals surface area contributed by atoms with E-state index in [1.807, 2.05) is 13.8 Å². The minimum absolute atomic E-state index is 0.0613. The zero-order valence-electron chi connectivity index (χ0n) is 19.0. The molecule has 0 unspecified atom stereocenters. The van der Waals surface area contributed by atoms with Crippen LogP contribution in [0.4, 0.5) is 0 Å². The molecule has 0 aromatic carbocycles. The van der Waals surface area contributed by atoms with Gasteiger partial charge in [0.25, 0.3) is 0 Å². The predicted molar refractivity (Wildman–Crippen MR) is 117 cm³/mol. The van der Waals surface area contributed by atoms with Gasteiger partial charge in [-0.25, -0.2) is 4.79 Å². The topological polar surface area (TPSA) is 117 Å². The van der Waals surface area contributed by atoms with Crippen molar-refractivity contribution in [2.24, 2.45) is 11.5 Å². The molecule has 170 valence electrons. The van der Waals surface area contributed by atoms with Gasteiger partial charge in [0.2, 0.25) is 5.91 Å². The lowest BCUT2D eigenvalue weighted by molar-refractivity contribution is -0.139. The van der Waals surface area contributed by atoms with E-state index < -0.39 is 6.10 Å². The first-order chi connectivity index (χ1) is 13.8. The quantitative estimate of drug-likeness (QED) is 0.354. The molecule has 0 radical (unpaired) electrons. The summed E-state index contributed by atoms with van der Waals surface area (Å²) in [5.74, 6) is -0.524. The Morgan fingerprint density at radius 3 is 2.31 bits per heavy atom. The number of amides is 1. The van der Waals surface area contributed by atoms with Gasteiger partial charge in [-0.3, -0.25) is 4.79 Å². The fraction of sp³-hybridized carbons (Fsp3) is 0.818. The third-order valence-corrected chi connectivity index (χ3v) is 4.86. The van der Waals surface area contributed by atoms with Crippen LogP contribution in [0.5, 0.6) is 0 Å². The number of ether oxygens (including phenoxy) is 2. The van der Waals surface area contributed by atoms with E-state index >= 15 is 0 Å². The predicted octanol–water partition coefficient (Wildman–Crippen LogP) is 2.81. The minimum atomic E-state index is -0.419. The van der Waals surface area contributed by atoms with Crippen molar-refractivity contribution in [3.63, 3.8) is 0 Å². The number of nitrogens with two attached hydrogens (primary N) is 2. The molecular weight excluding hydrogens is 370 g/mol. The number of hydrogen-bond donors (Lipinski definition) is 3. The van der Waals surface area contributed by atoms with Crippen molar-refractivity contribution in [2.45, 2.75) is 104 Å². The van der Waals surface area contributed by atoms with E-state index in [-0.39, 0.29) is 30.1 Å². The molecule has 0 spiro atoms. The van der Waals surface area contributed by atoms with E-state index in [0.29, 0.717) is 18.6 Å². The Morgan fingerprint density at radius 2 is 1.83 bits per heavy atom. The Morgan fingerprint density at radius 1 is 1.17 bits per heavy atom. The van der Waals surface area contributed by atoms with Crippen LogP contribution in [0.25, 0.3) is 0 Å². The lowest BCUT2D eigenvalue weighted by atomic mass is 9.88. The highest BCUT2D eigenvalue weighted by Crippen LogP contribution is 2.24. The second-order valence-electron chi connectivity index (χ2n) is 7.40. The van der Waals surface area contributed by atoms with Gasteiger partial charge >= 0.3 is 5.97 Å². The molecule has 0 saturated heterocycles. The van der Waals surface area contributed by atoms with Gasteiger partial charge in [-0.15, -0.1) is 0 Å². The molecule has 0 aliphatic heterocycles. The zero-order valence-corrected chi connectivity index (χ0v) is 19.0. The van der Waals surface area contributed by atoms with Crippen LogP contribution in [0, 0.1) is 0 Å². The highest BCUT2D eigenvalue weighted by atomic mass is 16.5. The summed E-state index contributed by atoms with van der Waals surface area (Å²) < 4.78 is 11.1. The van der Waals surface area contributed by atoms with Crippen molar-refractivity contribution in [3.8, 4) is 0 Å². The van der Waals surface area contributed by atoms with Gasteiger partial charge in [-0.2, -0.15) is 0 Å². The zero-order chi connectivity index (χ0) is 22.2. The molecular formula is C22H43N3O4. The van der Waals surface area contributed by atoms with Crippen LogP contribution < -0.4 is 16.8 Å². The van der Waals surface area contributed by atoms with Gasteiger partial charge in [-0.1, -0.05) is 40.0 Å². The van der Waals surface area contributed by atoms with E-state index in [2.05, 4.69) is 12.2 Å². The standard InChI is InChI=1S/C16H28N2O4.C6H15N/c1-5-12(6-2)22-14-9-11(16(20)21-7-3)8-13(17)15(14)18-10(4)19;1-2-3-4-5-6-7/h9,12-15H,5-8,17H2,1-4H3,(H,18,19);2-7H2,1H3/t13-,14+,15+;/m0./s1. The molecule has 7 heteroatoms. The summed E-state index contributed by atoms with van der Waals surface area (Å²) >= 11 is 0. The summed E-state index contributed by atoms with van der Waals surface area (Å²) in [5, 5.41) is 2.84. The van der Waals surface area contributed by atoms with Gasteiger partial charge in [0.1, 0.15) is 0 Å². The fourth-order valence-electron chi connectivity index (χ4n) is 3.19. The van der Waals surface area contributed by atoms with Crippen molar-refractivity contribution < 1.29 is 19.1 Å². The van der Waals surface area contributed by atoms with Gasteiger partial charge in [0, 0.05) is 18.5 Å². The summed E-state index contributed by atoms with van der Waals surface area (Å²) in [7, 11) is 0. The summed E-state index contributed by atoms with van der Waals surface area (Å²) in [6.07, 6.45) is 8.64. The Kier molecular flexibility index (Phi) is 15.6. The first-order valence-electron chi connectivity index (χ1n) is 11.1. The molecule has 1 amide bonds. The Hall–Kier alpha value is -1.44. The second-order valence-corrected chi connectivity index (χ2v) is 7.40. The summed E-state index contributed by atoms with van der Waals surface area (Å²) in [5.41, 5.74) is 11.9. The van der Waals surface area contributed by atoms with Crippen molar-refractivity contribution in [3.05, 3.63) is 11.6 Å². The Bertz CT molecular complexity index is 488. The molecule has 0 bridgehead atoms. The maximum atomic E-state index is 12.0. The molecule has 1 aliphatic rings. The molecule has 0 aromatic heterocycles. The molecule has 3 atom stereocenters. The third-order valence-electron chi connectivity index (χ3n) is 4.86. The van der Waals surface area contributed by atoms with Gasteiger partial charge in [0.05, 0.1) is 24.9 Å². The number of rotatable bonds is 11. The van der Waals surface area contributed by atoms with Crippen LogP contribution in [0.15, 0.2) is 11.6 Å². The van der Waals surface area contributed by atoms with Crippen molar-refractivity contribution in [2.75, 3.05) is 13.2 Å². The van der Waals surface area contributed by atoms with Gasteiger partial charge in [0.15, 0.2) is 0 Å². The highest BCUT2D eigenvalue weighted by molar-refractivity contribution is 5.89. The first kappa shape index (κ1) is 27.6. The number of carbonyl (C=O) groups is 2. The van der Waals surface area contributed by atoms with E-state index in [1.54, 1.807) is 13.0 Å². The smallest absolute Gasteiger partial charge is 0.333 e. The lowest BCUT2D eigenvalue weighted by Crippen LogP contribution is -2.57. The molecule has 29 heavy (non-hydrogen) atoms. The normalized spacial score (nSPS) is 21.1. The van der Waals surface area contributed by atoms with Gasteiger partial charge in [-0.05, 0) is 45.2 Å². The molecule has 0 saturated carbocycles. The third kappa shape index (κ3) is 11.4. The average molecular weight is 414 g/mol. The monoisotopic (exact) mass is 413 g/mol. The van der Waals surface area contributed by atoms with Crippen LogP contribution in [0.3, 0.4) is 0 Å². The number of unbranched alkanes of at least 4 members (excludes halogenated alkanes) is 3. The lowest BCUT2D eigenvalue weighted by Gasteiger charge is -2.36.